The molecule has 1 aromatic rings. The molecule has 124 valence electrons. The Morgan fingerprint density at radius 3 is 2.52 bits per heavy atom. The Labute approximate surface area is 139 Å². The first-order valence-electron chi connectivity index (χ1n) is 8.96. The van der Waals surface area contributed by atoms with Crippen LogP contribution in [0.5, 0.6) is 0 Å². The van der Waals surface area contributed by atoms with E-state index >= 15 is 0 Å². The van der Waals surface area contributed by atoms with Gasteiger partial charge in [0, 0.05) is 43.3 Å². The number of fused-ring (bicyclic) bond motifs is 1. The summed E-state index contributed by atoms with van der Waals surface area (Å²) in [6.07, 6.45) is 5.92. The van der Waals surface area contributed by atoms with E-state index in [0.29, 0.717) is 6.42 Å². The first-order valence-corrected chi connectivity index (χ1v) is 8.96. The molecule has 4 rings (SSSR count). The van der Waals surface area contributed by atoms with Crippen molar-refractivity contribution in [2.75, 3.05) is 13.1 Å². The van der Waals surface area contributed by atoms with Crippen molar-refractivity contribution in [2.24, 2.45) is 0 Å². The van der Waals surface area contributed by atoms with E-state index in [4.69, 9.17) is 4.74 Å². The van der Waals surface area contributed by atoms with Crippen LogP contribution >= 0.6 is 0 Å². The van der Waals surface area contributed by atoms with E-state index in [-0.39, 0.29) is 22.5 Å². The highest BCUT2D eigenvalue weighted by molar-refractivity contribution is 5.72. The number of carbonyl (C=O) groups is 1. The average molecular weight is 313 g/mol. The first kappa shape index (κ1) is 15.2. The lowest BCUT2D eigenvalue weighted by atomic mass is 9.65. The maximum Gasteiger partial charge on any atom is 0.306 e. The standard InChI is InChI=1S/C20H27NO2/c1-18(16-6-4-3-5-7-16)10-11-19(2)14-20(9-8-17(22)23-20)12-13-21(19)15-18/h3-7H,8-15H2,1-2H3. The summed E-state index contributed by atoms with van der Waals surface area (Å²) >= 11 is 0. The minimum absolute atomic E-state index is 0.00647. The predicted molar refractivity (Wildman–Crippen MR) is 90.3 cm³/mol. The smallest absolute Gasteiger partial charge is 0.306 e. The topological polar surface area (TPSA) is 29.5 Å². The highest BCUT2D eigenvalue weighted by Crippen LogP contribution is 2.50. The molecule has 3 heteroatoms. The van der Waals surface area contributed by atoms with Crippen LogP contribution in [-0.2, 0) is 14.9 Å². The fourth-order valence-electron chi connectivity index (χ4n) is 5.11. The van der Waals surface area contributed by atoms with Gasteiger partial charge < -0.3 is 4.74 Å². The summed E-state index contributed by atoms with van der Waals surface area (Å²) in [7, 11) is 0. The third kappa shape index (κ3) is 2.50. The van der Waals surface area contributed by atoms with Crippen molar-refractivity contribution in [1.29, 1.82) is 0 Å². The third-order valence-corrected chi connectivity index (χ3v) is 6.64. The first-order chi connectivity index (χ1) is 10.9. The van der Waals surface area contributed by atoms with Crippen molar-refractivity contribution in [3.8, 4) is 0 Å². The molecule has 0 N–H and O–H groups in total. The zero-order valence-electron chi connectivity index (χ0n) is 14.3. The molecule has 3 nitrogen and oxygen atoms in total. The van der Waals surface area contributed by atoms with Crippen molar-refractivity contribution in [3.63, 3.8) is 0 Å². The molecule has 0 saturated carbocycles. The van der Waals surface area contributed by atoms with Gasteiger partial charge in [-0.05, 0) is 31.7 Å². The molecular formula is C20H27NO2. The molecule has 0 amide bonds. The molecule has 3 atom stereocenters. The summed E-state index contributed by atoms with van der Waals surface area (Å²) in [4.78, 5) is 14.3. The molecule has 1 spiro atoms. The van der Waals surface area contributed by atoms with Gasteiger partial charge in [0.1, 0.15) is 5.60 Å². The van der Waals surface area contributed by atoms with E-state index in [9.17, 15) is 4.79 Å². The van der Waals surface area contributed by atoms with Crippen LogP contribution in [0.4, 0.5) is 0 Å². The van der Waals surface area contributed by atoms with Gasteiger partial charge in [0.05, 0.1) is 0 Å². The largest absolute Gasteiger partial charge is 0.459 e. The van der Waals surface area contributed by atoms with Crippen LogP contribution in [0.3, 0.4) is 0 Å². The molecule has 0 aromatic heterocycles. The number of nitrogens with zero attached hydrogens (tertiary/aromatic N) is 1. The maximum atomic E-state index is 11.6. The number of carbonyl (C=O) groups excluding carboxylic acids is 1. The second-order valence-electron chi connectivity index (χ2n) is 8.43. The molecule has 3 fully saturated rings. The molecule has 0 radical (unpaired) electrons. The van der Waals surface area contributed by atoms with E-state index in [1.165, 1.54) is 18.4 Å². The van der Waals surface area contributed by atoms with Crippen molar-refractivity contribution in [1.82, 2.24) is 4.90 Å². The van der Waals surface area contributed by atoms with Crippen molar-refractivity contribution in [3.05, 3.63) is 35.9 Å². The fraction of sp³-hybridized carbons (Fsp3) is 0.650. The number of rotatable bonds is 1. The van der Waals surface area contributed by atoms with Gasteiger partial charge in [-0.15, -0.1) is 0 Å². The predicted octanol–water partition coefficient (Wildman–Crippen LogP) is 3.67. The van der Waals surface area contributed by atoms with E-state index in [1.807, 2.05) is 0 Å². The minimum atomic E-state index is -0.164. The van der Waals surface area contributed by atoms with Gasteiger partial charge in [-0.2, -0.15) is 0 Å². The van der Waals surface area contributed by atoms with Crippen LogP contribution in [0.15, 0.2) is 30.3 Å². The zero-order valence-corrected chi connectivity index (χ0v) is 14.3. The Balaban J connectivity index is 1.55. The zero-order chi connectivity index (χ0) is 16.1. The lowest BCUT2D eigenvalue weighted by molar-refractivity contribution is -0.160. The fourth-order valence-corrected chi connectivity index (χ4v) is 5.11. The minimum Gasteiger partial charge on any atom is -0.459 e. The molecule has 0 aliphatic carbocycles. The van der Waals surface area contributed by atoms with Crippen LogP contribution in [0.1, 0.15) is 57.9 Å². The van der Waals surface area contributed by atoms with E-state index < -0.39 is 0 Å². The number of piperidine rings is 2. The summed E-state index contributed by atoms with van der Waals surface area (Å²) in [5, 5.41) is 0. The number of hydrogen-bond donors (Lipinski definition) is 0. The Bertz CT molecular complexity index is 615. The highest BCUT2D eigenvalue weighted by Gasteiger charge is 2.54. The van der Waals surface area contributed by atoms with Crippen LogP contribution < -0.4 is 0 Å². The van der Waals surface area contributed by atoms with Crippen LogP contribution in [0, 0.1) is 0 Å². The van der Waals surface area contributed by atoms with Gasteiger partial charge in [-0.25, -0.2) is 0 Å². The van der Waals surface area contributed by atoms with Gasteiger partial charge in [0.25, 0.3) is 0 Å². The van der Waals surface area contributed by atoms with Crippen LogP contribution in [-0.4, -0.2) is 35.1 Å². The summed E-state index contributed by atoms with van der Waals surface area (Å²) in [5.74, 6) is 0.00647. The monoisotopic (exact) mass is 313 g/mol. The van der Waals surface area contributed by atoms with E-state index in [1.54, 1.807) is 0 Å². The number of hydrogen-bond acceptors (Lipinski definition) is 3. The maximum absolute atomic E-state index is 11.6. The average Bonchev–Trinajstić information content (AvgIpc) is 2.90. The van der Waals surface area contributed by atoms with E-state index in [0.717, 1.165) is 32.4 Å². The normalized spacial score (nSPS) is 40.9. The van der Waals surface area contributed by atoms with Crippen molar-refractivity contribution >= 4 is 5.97 Å². The van der Waals surface area contributed by atoms with Gasteiger partial charge in [-0.1, -0.05) is 37.3 Å². The molecular weight excluding hydrogens is 286 g/mol. The van der Waals surface area contributed by atoms with Gasteiger partial charge in [0.2, 0.25) is 0 Å². The SMILES string of the molecule is CC1(c2ccccc2)CCC2(C)CC3(CCC(=O)O3)CCN2C1. The summed E-state index contributed by atoms with van der Waals surface area (Å²) in [6, 6.07) is 10.9. The Morgan fingerprint density at radius 2 is 1.83 bits per heavy atom. The Hall–Kier alpha value is -1.35. The summed E-state index contributed by atoms with van der Waals surface area (Å²) in [6.45, 7) is 6.94. The number of esters is 1. The van der Waals surface area contributed by atoms with Gasteiger partial charge in [0.15, 0.2) is 0 Å². The molecule has 3 aliphatic rings. The Morgan fingerprint density at radius 1 is 1.04 bits per heavy atom. The molecule has 1 aromatic carbocycles. The molecule has 23 heavy (non-hydrogen) atoms. The number of benzene rings is 1. The van der Waals surface area contributed by atoms with Gasteiger partial charge in [-0.3, -0.25) is 9.69 Å². The van der Waals surface area contributed by atoms with Crippen molar-refractivity contribution < 1.29 is 9.53 Å². The second-order valence-corrected chi connectivity index (χ2v) is 8.43. The molecule has 3 saturated heterocycles. The molecule has 3 aliphatic heterocycles. The molecule has 3 heterocycles. The third-order valence-electron chi connectivity index (χ3n) is 6.64. The number of ether oxygens (including phenoxy) is 1. The lowest BCUT2D eigenvalue weighted by Gasteiger charge is -2.57. The highest BCUT2D eigenvalue weighted by atomic mass is 16.6. The second kappa shape index (κ2) is 5.07. The summed E-state index contributed by atoms with van der Waals surface area (Å²) < 4.78 is 5.78. The molecule has 0 bridgehead atoms. The quantitative estimate of drug-likeness (QED) is 0.741. The lowest BCUT2D eigenvalue weighted by Crippen LogP contribution is -2.63. The van der Waals surface area contributed by atoms with E-state index in [2.05, 4.69) is 49.1 Å². The van der Waals surface area contributed by atoms with Crippen LogP contribution in [0.2, 0.25) is 0 Å². The van der Waals surface area contributed by atoms with Gasteiger partial charge >= 0.3 is 5.97 Å². The Kier molecular flexibility index (Phi) is 3.35. The summed E-state index contributed by atoms with van der Waals surface area (Å²) in [5.41, 5.74) is 1.70. The van der Waals surface area contributed by atoms with Crippen molar-refractivity contribution in [2.45, 2.75) is 68.9 Å². The molecule has 3 unspecified atom stereocenters. The van der Waals surface area contributed by atoms with Crippen LogP contribution in [0.25, 0.3) is 0 Å².